The van der Waals surface area contributed by atoms with E-state index in [2.05, 4.69) is 29.5 Å². The number of rotatable bonds is 4. The van der Waals surface area contributed by atoms with E-state index in [1.54, 1.807) is 0 Å². The second-order valence-electron chi connectivity index (χ2n) is 3.99. The summed E-state index contributed by atoms with van der Waals surface area (Å²) in [6, 6.07) is 0.547. The van der Waals surface area contributed by atoms with Crippen molar-refractivity contribution in [3.8, 4) is 0 Å². The zero-order valence-corrected chi connectivity index (χ0v) is 9.03. The predicted molar refractivity (Wildman–Crippen MR) is 56.1 cm³/mol. The summed E-state index contributed by atoms with van der Waals surface area (Å²) in [5.41, 5.74) is 1.21. The molecule has 1 aromatic rings. The third kappa shape index (κ3) is 2.51. The summed E-state index contributed by atoms with van der Waals surface area (Å²) < 4.78 is 0. The average molecular weight is 196 g/mol. The maximum absolute atomic E-state index is 4.60. The van der Waals surface area contributed by atoms with Crippen LogP contribution in [0.5, 0.6) is 0 Å². The summed E-state index contributed by atoms with van der Waals surface area (Å²) >= 11 is 1.82. The zero-order valence-electron chi connectivity index (χ0n) is 8.21. The minimum atomic E-state index is 0.547. The van der Waals surface area contributed by atoms with Crippen LogP contribution in [0.4, 0.5) is 0 Å². The van der Waals surface area contributed by atoms with E-state index in [1.165, 1.54) is 23.5 Å². The molecule has 1 fully saturated rings. The summed E-state index contributed by atoms with van der Waals surface area (Å²) in [5.74, 6) is 0.804. The van der Waals surface area contributed by atoms with Gasteiger partial charge in [0.1, 0.15) is 0 Å². The Kier molecular flexibility index (Phi) is 2.65. The van der Waals surface area contributed by atoms with Crippen LogP contribution in [0.2, 0.25) is 0 Å². The minimum Gasteiger partial charge on any atom is -0.309 e. The minimum absolute atomic E-state index is 0.547. The van der Waals surface area contributed by atoms with Gasteiger partial charge >= 0.3 is 0 Å². The smallest absolute Gasteiger partial charge is 0.0959 e. The molecule has 1 N–H and O–H groups in total. The first-order valence-electron chi connectivity index (χ1n) is 4.93. The number of nitrogens with one attached hydrogen (secondary N) is 1. The maximum Gasteiger partial charge on any atom is 0.0959 e. The molecule has 0 bridgehead atoms. The zero-order chi connectivity index (χ0) is 9.26. The number of aromatic nitrogens is 1. The highest BCUT2D eigenvalue weighted by Crippen LogP contribution is 2.41. The second-order valence-corrected chi connectivity index (χ2v) is 4.88. The number of hydrogen-bond donors (Lipinski definition) is 1. The molecular weight excluding hydrogens is 180 g/mol. The number of nitrogens with zero attached hydrogens (tertiary/aromatic N) is 1. The Morgan fingerprint density at radius 3 is 3.00 bits per heavy atom. The predicted octanol–water partition coefficient (Wildman–Crippen LogP) is 2.52. The summed E-state index contributed by atoms with van der Waals surface area (Å²) in [5, 5.41) is 6.91. The molecular formula is C10H16N2S. The molecule has 0 amide bonds. The fourth-order valence-corrected chi connectivity index (χ4v) is 2.22. The van der Waals surface area contributed by atoms with Crippen LogP contribution in [0.15, 0.2) is 5.38 Å². The quantitative estimate of drug-likeness (QED) is 0.800. The fraction of sp³-hybridized carbons (Fsp3) is 0.700. The molecule has 3 heteroatoms. The van der Waals surface area contributed by atoms with Gasteiger partial charge in [0.25, 0.3) is 0 Å². The van der Waals surface area contributed by atoms with Gasteiger partial charge < -0.3 is 5.32 Å². The molecule has 0 unspecified atom stereocenters. The number of hydrogen-bond acceptors (Lipinski definition) is 3. The monoisotopic (exact) mass is 196 g/mol. The maximum atomic E-state index is 4.60. The van der Waals surface area contributed by atoms with Crippen LogP contribution in [0, 0.1) is 0 Å². The molecule has 72 valence electrons. The molecule has 0 spiro atoms. The van der Waals surface area contributed by atoms with Crippen LogP contribution in [0.25, 0.3) is 0 Å². The van der Waals surface area contributed by atoms with Gasteiger partial charge in [0, 0.05) is 23.9 Å². The third-order valence-corrected chi connectivity index (χ3v) is 3.24. The second kappa shape index (κ2) is 3.76. The molecule has 1 aliphatic rings. The van der Waals surface area contributed by atoms with Crippen molar-refractivity contribution < 1.29 is 0 Å². The molecule has 0 radical (unpaired) electrons. The van der Waals surface area contributed by atoms with Crippen molar-refractivity contribution in [2.24, 2.45) is 0 Å². The molecule has 2 nitrogen and oxygen atoms in total. The lowest BCUT2D eigenvalue weighted by molar-refractivity contribution is 0.582. The van der Waals surface area contributed by atoms with E-state index < -0.39 is 0 Å². The first kappa shape index (κ1) is 9.16. The SMILES string of the molecule is CC(C)NCc1csc(C2CC2)n1. The molecule has 0 atom stereocenters. The summed E-state index contributed by atoms with van der Waals surface area (Å²) in [6.07, 6.45) is 2.70. The van der Waals surface area contributed by atoms with Crippen molar-refractivity contribution in [3.05, 3.63) is 16.1 Å². The van der Waals surface area contributed by atoms with Gasteiger partial charge in [0.05, 0.1) is 10.7 Å². The Hall–Kier alpha value is -0.410. The van der Waals surface area contributed by atoms with Crippen LogP contribution in [-0.4, -0.2) is 11.0 Å². The molecule has 13 heavy (non-hydrogen) atoms. The Labute approximate surface area is 83.4 Å². The average Bonchev–Trinajstić information content (AvgIpc) is 2.83. The van der Waals surface area contributed by atoms with E-state index in [0.717, 1.165) is 12.5 Å². The van der Waals surface area contributed by atoms with E-state index in [0.29, 0.717) is 6.04 Å². The van der Waals surface area contributed by atoms with E-state index >= 15 is 0 Å². The third-order valence-electron chi connectivity index (χ3n) is 2.19. The van der Waals surface area contributed by atoms with Crippen molar-refractivity contribution in [1.29, 1.82) is 0 Å². The highest BCUT2D eigenvalue weighted by atomic mass is 32.1. The lowest BCUT2D eigenvalue weighted by Crippen LogP contribution is -2.21. The largest absolute Gasteiger partial charge is 0.309 e. The Morgan fingerprint density at radius 1 is 1.62 bits per heavy atom. The molecule has 0 aliphatic heterocycles. The van der Waals surface area contributed by atoms with Crippen molar-refractivity contribution in [2.75, 3.05) is 0 Å². The van der Waals surface area contributed by atoms with Crippen LogP contribution >= 0.6 is 11.3 Å². The van der Waals surface area contributed by atoms with Crippen LogP contribution in [0.1, 0.15) is 43.3 Å². The lowest BCUT2D eigenvalue weighted by Gasteiger charge is -2.04. The van der Waals surface area contributed by atoms with E-state index in [1.807, 2.05) is 11.3 Å². The van der Waals surface area contributed by atoms with E-state index in [4.69, 9.17) is 0 Å². The first-order chi connectivity index (χ1) is 6.25. The highest BCUT2D eigenvalue weighted by molar-refractivity contribution is 7.09. The van der Waals surface area contributed by atoms with E-state index in [9.17, 15) is 0 Å². The molecule has 1 aromatic heterocycles. The van der Waals surface area contributed by atoms with Gasteiger partial charge in [0.15, 0.2) is 0 Å². The van der Waals surface area contributed by atoms with Crippen LogP contribution in [-0.2, 0) is 6.54 Å². The normalized spacial score (nSPS) is 16.8. The molecule has 1 heterocycles. The van der Waals surface area contributed by atoms with Crippen LogP contribution < -0.4 is 5.32 Å². The highest BCUT2D eigenvalue weighted by Gasteiger charge is 2.26. The summed E-state index contributed by atoms with van der Waals surface area (Å²) in [6.45, 7) is 5.24. The Bertz CT molecular complexity index is 276. The summed E-state index contributed by atoms with van der Waals surface area (Å²) in [7, 11) is 0. The van der Waals surface area contributed by atoms with Gasteiger partial charge in [-0.05, 0) is 12.8 Å². The van der Waals surface area contributed by atoms with Gasteiger partial charge in [-0.1, -0.05) is 13.8 Å². The first-order valence-corrected chi connectivity index (χ1v) is 5.81. The molecule has 0 saturated heterocycles. The van der Waals surface area contributed by atoms with Crippen molar-refractivity contribution >= 4 is 11.3 Å². The van der Waals surface area contributed by atoms with Crippen molar-refractivity contribution in [2.45, 2.75) is 45.2 Å². The van der Waals surface area contributed by atoms with Gasteiger partial charge in [-0.2, -0.15) is 0 Å². The summed E-state index contributed by atoms with van der Waals surface area (Å²) in [4.78, 5) is 4.60. The van der Waals surface area contributed by atoms with Gasteiger partial charge in [0.2, 0.25) is 0 Å². The Morgan fingerprint density at radius 2 is 2.38 bits per heavy atom. The molecule has 0 aromatic carbocycles. The number of thiazole rings is 1. The topological polar surface area (TPSA) is 24.9 Å². The lowest BCUT2D eigenvalue weighted by atomic mass is 10.3. The standard InChI is InChI=1S/C10H16N2S/c1-7(2)11-5-9-6-13-10(12-9)8-3-4-8/h6-8,11H,3-5H2,1-2H3. The molecule has 1 aliphatic carbocycles. The van der Waals surface area contributed by atoms with E-state index in [-0.39, 0.29) is 0 Å². The molecule has 2 rings (SSSR count). The van der Waals surface area contributed by atoms with Gasteiger partial charge in [-0.15, -0.1) is 11.3 Å². The van der Waals surface area contributed by atoms with Crippen molar-refractivity contribution in [1.82, 2.24) is 10.3 Å². The molecule has 1 saturated carbocycles. The van der Waals surface area contributed by atoms with Crippen molar-refractivity contribution in [3.63, 3.8) is 0 Å². The van der Waals surface area contributed by atoms with Gasteiger partial charge in [-0.25, -0.2) is 4.98 Å². The fourth-order valence-electron chi connectivity index (χ4n) is 1.23. The van der Waals surface area contributed by atoms with Gasteiger partial charge in [-0.3, -0.25) is 0 Å². The van der Waals surface area contributed by atoms with Crippen LogP contribution in [0.3, 0.4) is 0 Å². The Balaban J connectivity index is 1.89.